The van der Waals surface area contributed by atoms with Crippen LogP contribution in [0.2, 0.25) is 0 Å². The molecule has 1 aliphatic rings. The van der Waals surface area contributed by atoms with Crippen LogP contribution in [0.1, 0.15) is 39.2 Å². The first-order valence-corrected chi connectivity index (χ1v) is 12.2. The summed E-state index contributed by atoms with van der Waals surface area (Å²) in [6.45, 7) is 8.42. The van der Waals surface area contributed by atoms with Gasteiger partial charge in [-0.1, -0.05) is 35.9 Å². The second kappa shape index (κ2) is 14.6. The van der Waals surface area contributed by atoms with Gasteiger partial charge in [-0.2, -0.15) is 20.8 Å². The van der Waals surface area contributed by atoms with Gasteiger partial charge in [-0.05, 0) is 6.92 Å². The van der Waals surface area contributed by atoms with Crippen LogP contribution in [-0.2, 0) is 17.0 Å². The standard InChI is InChI=1S/C16H13.C4H9.CH4O.2ClH.Ti/c1-12-5-4-8-16(12)15-10-9-13-6-2-3-7-14(13)11-15;1-4(2)3;1-2;;;/h2-10,16H,1H3;1-3H3;2H,1H3;2*1H;/q2*-1;;;;+2/p-2. The van der Waals surface area contributed by atoms with Crippen molar-refractivity contribution in [3.63, 3.8) is 0 Å². The van der Waals surface area contributed by atoms with Gasteiger partial charge in [-0.3, -0.25) is 0 Å². The maximum absolute atomic E-state index is 7.00. The number of fused-ring (bicyclic) bond motifs is 1. The van der Waals surface area contributed by atoms with Crippen LogP contribution in [0.4, 0.5) is 0 Å². The van der Waals surface area contributed by atoms with Crippen LogP contribution in [0.25, 0.3) is 10.8 Å². The molecule has 0 bridgehead atoms. The third-order valence-electron chi connectivity index (χ3n) is 3.17. The molecule has 0 saturated carbocycles. The first-order chi connectivity index (χ1) is 12.0. The SMILES string of the molecule is CC1=CC=CC1c1[c-]c2ccccc2cc1.CO.C[C-](C)C.[Cl][Ti][Cl]. The fourth-order valence-corrected chi connectivity index (χ4v) is 2.24. The Hall–Kier alpha value is -0.566. The van der Waals surface area contributed by atoms with Crippen LogP contribution in [0.15, 0.2) is 60.2 Å². The summed E-state index contributed by atoms with van der Waals surface area (Å²) in [5, 5.41) is 9.46. The predicted molar refractivity (Wildman–Crippen MR) is 109 cm³/mol. The van der Waals surface area contributed by atoms with Crippen LogP contribution >= 0.6 is 18.6 Å². The molecule has 0 heterocycles. The number of halogens is 2. The third-order valence-corrected chi connectivity index (χ3v) is 3.17. The van der Waals surface area contributed by atoms with Gasteiger partial charge >= 0.3 is 35.6 Å². The van der Waals surface area contributed by atoms with Gasteiger partial charge in [0.25, 0.3) is 0 Å². The molecule has 0 aromatic heterocycles. The Morgan fingerprint density at radius 1 is 1.04 bits per heavy atom. The molecule has 3 rings (SSSR count). The number of allylic oxidation sites excluding steroid dienone is 4. The average Bonchev–Trinajstić information content (AvgIpc) is 3.02. The minimum absolute atomic E-state index is 0.421. The second-order valence-electron chi connectivity index (χ2n) is 5.85. The van der Waals surface area contributed by atoms with Gasteiger partial charge in [0.1, 0.15) is 0 Å². The Morgan fingerprint density at radius 2 is 1.60 bits per heavy atom. The first-order valence-electron chi connectivity index (χ1n) is 7.93. The Kier molecular flexibility index (Phi) is 14.3. The molecule has 1 N–H and O–H groups in total. The molecule has 0 amide bonds. The Balaban J connectivity index is 0.000000547. The van der Waals surface area contributed by atoms with Crippen molar-refractivity contribution in [3.05, 3.63) is 77.7 Å². The van der Waals surface area contributed by atoms with Crippen molar-refractivity contribution in [3.8, 4) is 0 Å². The minimum atomic E-state index is -0.556. The normalized spacial score (nSPS) is 14.4. The monoisotopic (exact) mass is 412 g/mol. The molecule has 1 atom stereocenters. The molecule has 0 saturated heterocycles. The van der Waals surface area contributed by atoms with Crippen LogP contribution in [-0.4, -0.2) is 12.2 Å². The van der Waals surface area contributed by atoms with Gasteiger partial charge in [0.2, 0.25) is 0 Å². The zero-order valence-corrected chi connectivity index (χ0v) is 18.6. The molecule has 0 spiro atoms. The van der Waals surface area contributed by atoms with Crippen molar-refractivity contribution in [1.29, 1.82) is 0 Å². The Bertz CT molecular complexity index is 663. The molecular formula is C21H26Cl2OTi-2. The molecular weight excluding hydrogens is 387 g/mol. The van der Waals surface area contributed by atoms with Crippen LogP contribution in [0, 0.1) is 12.0 Å². The molecule has 0 aliphatic heterocycles. The van der Waals surface area contributed by atoms with E-state index in [0.29, 0.717) is 5.92 Å². The number of hydrogen-bond donors (Lipinski definition) is 1. The van der Waals surface area contributed by atoms with E-state index in [2.05, 4.69) is 88.4 Å². The number of hydrogen-bond acceptors (Lipinski definition) is 1. The molecule has 2 aromatic carbocycles. The quantitative estimate of drug-likeness (QED) is 0.401. The van der Waals surface area contributed by atoms with Crippen LogP contribution in [0.3, 0.4) is 0 Å². The average molecular weight is 413 g/mol. The van der Waals surface area contributed by atoms with Crippen molar-refractivity contribution in [2.45, 2.75) is 33.6 Å². The number of aliphatic hydroxyl groups is 1. The zero-order valence-electron chi connectivity index (χ0n) is 15.5. The molecule has 1 nitrogen and oxygen atoms in total. The summed E-state index contributed by atoms with van der Waals surface area (Å²) < 4.78 is 0. The van der Waals surface area contributed by atoms with Gasteiger partial charge in [0, 0.05) is 13.0 Å². The van der Waals surface area contributed by atoms with Crippen molar-refractivity contribution >= 4 is 29.4 Å². The molecule has 1 unspecified atom stereocenters. The molecule has 25 heavy (non-hydrogen) atoms. The maximum atomic E-state index is 7.00. The fraction of sp³-hybridized carbons (Fsp3) is 0.286. The number of aliphatic hydroxyl groups excluding tert-OH is 1. The number of rotatable bonds is 1. The van der Waals surface area contributed by atoms with E-state index < -0.39 is 17.0 Å². The van der Waals surface area contributed by atoms with Crippen molar-refractivity contribution in [1.82, 2.24) is 0 Å². The molecule has 136 valence electrons. The van der Waals surface area contributed by atoms with E-state index in [4.69, 9.17) is 23.7 Å². The summed E-state index contributed by atoms with van der Waals surface area (Å²) in [7, 11) is 10.8. The first kappa shape index (κ1) is 24.4. The van der Waals surface area contributed by atoms with Gasteiger partial charge in [0.15, 0.2) is 0 Å². The van der Waals surface area contributed by atoms with Gasteiger partial charge in [-0.15, -0.1) is 46.7 Å². The van der Waals surface area contributed by atoms with Crippen molar-refractivity contribution in [2.75, 3.05) is 7.11 Å². The molecule has 4 heteroatoms. The van der Waals surface area contributed by atoms with E-state index in [-0.39, 0.29) is 0 Å². The molecule has 2 aromatic rings. The second-order valence-corrected chi connectivity index (χ2v) is 8.42. The van der Waals surface area contributed by atoms with Crippen molar-refractivity contribution in [2.24, 2.45) is 0 Å². The van der Waals surface area contributed by atoms with Crippen molar-refractivity contribution < 1.29 is 22.1 Å². The van der Waals surface area contributed by atoms with Crippen LogP contribution in [0.5, 0.6) is 0 Å². The van der Waals surface area contributed by atoms with E-state index in [1.54, 1.807) is 0 Å². The molecule has 0 fully saturated rings. The van der Waals surface area contributed by atoms with E-state index in [1.807, 2.05) is 0 Å². The van der Waals surface area contributed by atoms with Crippen LogP contribution < -0.4 is 0 Å². The topological polar surface area (TPSA) is 20.2 Å². The molecule has 0 radical (unpaired) electrons. The van der Waals surface area contributed by atoms with E-state index >= 15 is 0 Å². The summed E-state index contributed by atoms with van der Waals surface area (Å²) in [5.74, 6) is 1.84. The van der Waals surface area contributed by atoms with E-state index in [0.717, 1.165) is 7.11 Å². The summed E-state index contributed by atoms with van der Waals surface area (Å²) in [4.78, 5) is 0. The van der Waals surface area contributed by atoms with E-state index in [9.17, 15) is 0 Å². The van der Waals surface area contributed by atoms with E-state index in [1.165, 1.54) is 27.8 Å². The molecule has 1 aliphatic carbocycles. The summed E-state index contributed by atoms with van der Waals surface area (Å²) in [5.41, 5.74) is 2.66. The Labute approximate surface area is 169 Å². The van der Waals surface area contributed by atoms with Gasteiger partial charge in [0.05, 0.1) is 0 Å². The zero-order chi connectivity index (χ0) is 19.2. The van der Waals surface area contributed by atoms with Gasteiger partial charge in [-0.25, -0.2) is 0 Å². The summed E-state index contributed by atoms with van der Waals surface area (Å²) >= 11 is -0.556. The third kappa shape index (κ3) is 9.63. The predicted octanol–water partition coefficient (Wildman–Crippen LogP) is 6.85. The fourth-order valence-electron chi connectivity index (χ4n) is 2.24. The number of benzene rings is 2. The Morgan fingerprint density at radius 3 is 2.12 bits per heavy atom. The van der Waals surface area contributed by atoms with Gasteiger partial charge < -0.3 is 11.0 Å². The summed E-state index contributed by atoms with van der Waals surface area (Å²) in [6, 6.07) is 16.2. The summed E-state index contributed by atoms with van der Waals surface area (Å²) in [6.07, 6.45) is 6.53.